The third-order valence-electron chi connectivity index (χ3n) is 6.36. The predicted octanol–water partition coefficient (Wildman–Crippen LogP) is 5.74. The van der Waals surface area contributed by atoms with Crippen LogP contribution in [0.3, 0.4) is 0 Å². The molecule has 0 bridgehead atoms. The maximum Gasteiger partial charge on any atom is 0.421 e. The Hall–Kier alpha value is -3.14. The van der Waals surface area contributed by atoms with Crippen LogP contribution in [0, 0.1) is 11.8 Å². The third kappa shape index (κ3) is 6.16. The van der Waals surface area contributed by atoms with Crippen LogP contribution in [0.25, 0.3) is 0 Å². The van der Waals surface area contributed by atoms with Gasteiger partial charge in [-0.1, -0.05) is 6.92 Å². The molecule has 1 saturated carbocycles. The average Bonchev–Trinajstić information content (AvgIpc) is 2.84. The number of benzene rings is 1. The first-order chi connectivity index (χ1) is 17.0. The first-order valence-corrected chi connectivity index (χ1v) is 11.9. The van der Waals surface area contributed by atoms with Gasteiger partial charge in [0.1, 0.15) is 11.3 Å². The molecule has 0 radical (unpaired) electrons. The van der Waals surface area contributed by atoms with Gasteiger partial charge in [0.25, 0.3) is 0 Å². The van der Waals surface area contributed by atoms with E-state index >= 15 is 0 Å². The van der Waals surface area contributed by atoms with E-state index in [9.17, 15) is 27.9 Å². The van der Waals surface area contributed by atoms with Crippen molar-refractivity contribution in [3.05, 3.63) is 47.2 Å². The number of carbonyl (C=O) groups excluding carboxylic acids is 2. The molecule has 10 heteroatoms. The Morgan fingerprint density at radius 1 is 1.17 bits per heavy atom. The number of pyridine rings is 1. The highest BCUT2D eigenvalue weighted by molar-refractivity contribution is 6.04. The summed E-state index contributed by atoms with van der Waals surface area (Å²) >= 11 is 0. The molecular formula is C26H31F3N2O5. The summed E-state index contributed by atoms with van der Waals surface area (Å²) in [5.41, 5.74) is -0.902. The zero-order chi connectivity index (χ0) is 26.6. The first-order valence-electron chi connectivity index (χ1n) is 11.9. The Labute approximate surface area is 208 Å². The molecule has 0 spiro atoms. The van der Waals surface area contributed by atoms with Crippen LogP contribution in [0.15, 0.2) is 30.5 Å². The molecule has 0 atom stereocenters. The van der Waals surface area contributed by atoms with Gasteiger partial charge in [-0.25, -0.2) is 9.78 Å². The van der Waals surface area contributed by atoms with Crippen molar-refractivity contribution in [2.24, 2.45) is 11.8 Å². The molecule has 1 aromatic carbocycles. The maximum absolute atomic E-state index is 13.6. The van der Waals surface area contributed by atoms with Crippen LogP contribution in [0.4, 0.5) is 18.9 Å². The minimum Gasteiger partial charge on any atom is -0.465 e. The zero-order valence-corrected chi connectivity index (χ0v) is 20.8. The van der Waals surface area contributed by atoms with Gasteiger partial charge in [-0.3, -0.25) is 4.79 Å². The van der Waals surface area contributed by atoms with E-state index in [2.05, 4.69) is 11.9 Å². The number of alkyl halides is 3. The number of carbonyl (C=O) groups is 2. The largest absolute Gasteiger partial charge is 0.465 e. The summed E-state index contributed by atoms with van der Waals surface area (Å²) in [6.07, 6.45) is -0.298. The molecule has 1 heterocycles. The van der Waals surface area contributed by atoms with Gasteiger partial charge in [-0.15, -0.1) is 0 Å². The van der Waals surface area contributed by atoms with Gasteiger partial charge in [0, 0.05) is 18.2 Å². The molecule has 0 aliphatic heterocycles. The summed E-state index contributed by atoms with van der Waals surface area (Å²) in [5.74, 6) is -1.28. The highest BCUT2D eigenvalue weighted by Gasteiger charge is 2.36. The van der Waals surface area contributed by atoms with E-state index in [0.717, 1.165) is 37.9 Å². The minimum atomic E-state index is -4.78. The second kappa shape index (κ2) is 11.3. The van der Waals surface area contributed by atoms with E-state index in [1.165, 1.54) is 25.3 Å². The van der Waals surface area contributed by atoms with Gasteiger partial charge in [0.15, 0.2) is 0 Å². The van der Waals surface area contributed by atoms with Crippen LogP contribution >= 0.6 is 0 Å². The Balaban J connectivity index is 2.00. The molecular weight excluding hydrogens is 477 g/mol. The molecule has 0 saturated heterocycles. The monoisotopic (exact) mass is 508 g/mol. The first kappa shape index (κ1) is 27.4. The van der Waals surface area contributed by atoms with Crippen molar-refractivity contribution in [3.8, 4) is 11.6 Å². The minimum absolute atomic E-state index is 0.0123. The topological polar surface area (TPSA) is 89.0 Å². The Kier molecular flexibility index (Phi) is 8.60. The predicted molar refractivity (Wildman–Crippen MR) is 127 cm³/mol. The molecule has 1 aromatic heterocycles. The van der Waals surface area contributed by atoms with Gasteiger partial charge in [-0.2, -0.15) is 13.2 Å². The van der Waals surface area contributed by atoms with Gasteiger partial charge in [0.2, 0.25) is 11.8 Å². The number of methoxy groups -OCH3 is 1. The maximum atomic E-state index is 13.6. The molecule has 196 valence electrons. The summed E-state index contributed by atoms with van der Waals surface area (Å²) in [4.78, 5) is 31.4. The fourth-order valence-corrected chi connectivity index (χ4v) is 4.40. The van der Waals surface area contributed by atoms with E-state index in [0.29, 0.717) is 11.6 Å². The number of amides is 1. The smallest absolute Gasteiger partial charge is 0.421 e. The number of aromatic nitrogens is 1. The van der Waals surface area contributed by atoms with Gasteiger partial charge in [-0.05, 0) is 75.3 Å². The molecule has 1 aliphatic carbocycles. The number of aliphatic hydroxyl groups is 1. The summed E-state index contributed by atoms with van der Waals surface area (Å²) in [6, 6.07) is 4.57. The number of anilines is 1. The molecule has 0 unspecified atom stereocenters. The van der Waals surface area contributed by atoms with Crippen molar-refractivity contribution in [2.75, 3.05) is 12.0 Å². The molecule has 2 aromatic rings. The molecule has 7 nitrogen and oxygen atoms in total. The zero-order valence-electron chi connectivity index (χ0n) is 20.8. The Bertz CT molecular complexity index is 1100. The highest BCUT2D eigenvalue weighted by atomic mass is 19.4. The van der Waals surface area contributed by atoms with Crippen LogP contribution < -0.4 is 9.64 Å². The third-order valence-corrected chi connectivity index (χ3v) is 6.36. The highest BCUT2D eigenvalue weighted by Crippen LogP contribution is 2.39. The molecule has 1 aliphatic rings. The second-order valence-electron chi connectivity index (χ2n) is 9.38. The molecule has 3 rings (SSSR count). The van der Waals surface area contributed by atoms with Crippen LogP contribution in [0.1, 0.15) is 67.9 Å². The van der Waals surface area contributed by atoms with Crippen molar-refractivity contribution < 1.29 is 37.3 Å². The SMILES string of the molecule is COC(=O)c1cc(Oc2ncc(CO)cc2C(F)(F)F)ccc1N(C(=O)[C@H]1CC[C@H](C)CC1)C(C)C. The molecule has 36 heavy (non-hydrogen) atoms. The van der Waals surface area contributed by atoms with Crippen LogP contribution in [-0.4, -0.2) is 35.1 Å². The van der Waals surface area contributed by atoms with E-state index in [1.807, 2.05) is 13.8 Å². The Morgan fingerprint density at radius 2 is 1.83 bits per heavy atom. The lowest BCUT2D eigenvalue weighted by Crippen LogP contribution is -2.43. The number of rotatable bonds is 7. The fraction of sp³-hybridized carbons (Fsp3) is 0.500. The summed E-state index contributed by atoms with van der Waals surface area (Å²) < 4.78 is 51.0. The molecule has 1 fully saturated rings. The summed E-state index contributed by atoms with van der Waals surface area (Å²) in [7, 11) is 1.18. The Morgan fingerprint density at radius 3 is 2.39 bits per heavy atom. The van der Waals surface area contributed by atoms with Crippen molar-refractivity contribution in [2.45, 2.75) is 65.3 Å². The van der Waals surface area contributed by atoms with E-state index in [1.54, 1.807) is 4.90 Å². The quantitative estimate of drug-likeness (QED) is 0.480. The number of halogens is 3. The van der Waals surface area contributed by atoms with Gasteiger partial charge >= 0.3 is 12.1 Å². The molecule has 1 N–H and O–H groups in total. The number of hydrogen-bond acceptors (Lipinski definition) is 6. The number of nitrogens with zero attached hydrogens (tertiary/aromatic N) is 2. The van der Waals surface area contributed by atoms with E-state index < -0.39 is 30.2 Å². The number of esters is 1. The standard InChI is InChI=1S/C26H31F3N2O5/c1-15(2)31(24(33)18-7-5-16(3)6-8-18)22-10-9-19(12-20(22)25(34)35-4)36-23-21(26(27,28)29)11-17(14-32)13-30-23/h9-13,15-16,18,32H,5-8,14H2,1-4H3/t16-,18-. The van der Waals surface area contributed by atoms with Crippen molar-refractivity contribution in [1.29, 1.82) is 0 Å². The number of ether oxygens (including phenoxy) is 2. The molecule has 1 amide bonds. The van der Waals surface area contributed by atoms with Crippen molar-refractivity contribution >= 4 is 17.6 Å². The lowest BCUT2D eigenvalue weighted by Gasteiger charge is -2.34. The lowest BCUT2D eigenvalue weighted by molar-refractivity contribution is -0.139. The van der Waals surface area contributed by atoms with Crippen LogP contribution in [-0.2, 0) is 22.3 Å². The lowest BCUT2D eigenvalue weighted by atomic mass is 9.82. The summed E-state index contributed by atoms with van der Waals surface area (Å²) in [6.45, 7) is 5.20. The second-order valence-corrected chi connectivity index (χ2v) is 9.38. The number of aliphatic hydroxyl groups excluding tert-OH is 1. The fourth-order valence-electron chi connectivity index (χ4n) is 4.40. The van der Waals surface area contributed by atoms with Crippen LogP contribution in [0.2, 0.25) is 0 Å². The van der Waals surface area contributed by atoms with Crippen LogP contribution in [0.5, 0.6) is 11.6 Å². The van der Waals surface area contributed by atoms with Gasteiger partial charge < -0.3 is 19.5 Å². The van der Waals surface area contributed by atoms with Crippen molar-refractivity contribution in [1.82, 2.24) is 4.98 Å². The normalized spacial score (nSPS) is 18.1. The van der Waals surface area contributed by atoms with Gasteiger partial charge in [0.05, 0.1) is 25.0 Å². The summed E-state index contributed by atoms with van der Waals surface area (Å²) in [5, 5.41) is 9.18. The number of hydrogen-bond donors (Lipinski definition) is 1. The van der Waals surface area contributed by atoms with Crippen molar-refractivity contribution in [3.63, 3.8) is 0 Å². The van der Waals surface area contributed by atoms with E-state index in [4.69, 9.17) is 9.47 Å². The van der Waals surface area contributed by atoms with E-state index in [-0.39, 0.29) is 34.7 Å². The average molecular weight is 509 g/mol.